The van der Waals surface area contributed by atoms with E-state index in [-0.39, 0.29) is 12.2 Å². The molecular formula is C16H16ClN3O4. The summed E-state index contributed by atoms with van der Waals surface area (Å²) in [5.74, 6) is 0. The number of nitro benzene ring substituents is 1. The number of aryl methyl sites for hydroxylation is 1. The van der Waals surface area contributed by atoms with Gasteiger partial charge in [-0.3, -0.25) is 10.1 Å². The number of non-ortho nitro benzene ring substituents is 1. The van der Waals surface area contributed by atoms with Crippen molar-refractivity contribution in [1.82, 2.24) is 5.32 Å². The van der Waals surface area contributed by atoms with Gasteiger partial charge in [0.25, 0.3) is 5.69 Å². The highest BCUT2D eigenvalue weighted by Crippen LogP contribution is 2.23. The molecule has 3 N–H and O–H groups in total. The predicted octanol–water partition coefficient (Wildman–Crippen LogP) is 3.41. The lowest BCUT2D eigenvalue weighted by Crippen LogP contribution is -2.32. The fourth-order valence-corrected chi connectivity index (χ4v) is 2.33. The second kappa shape index (κ2) is 7.76. The molecule has 0 bridgehead atoms. The van der Waals surface area contributed by atoms with Crippen molar-refractivity contribution in [3.8, 4) is 0 Å². The molecule has 0 saturated heterocycles. The minimum Gasteiger partial charge on any atom is -0.387 e. The Balaban J connectivity index is 1.98. The number of hydrogen-bond acceptors (Lipinski definition) is 4. The summed E-state index contributed by atoms with van der Waals surface area (Å²) in [6.45, 7) is 1.67. The largest absolute Gasteiger partial charge is 0.387 e. The second-order valence-corrected chi connectivity index (χ2v) is 5.54. The molecule has 0 radical (unpaired) electrons. The van der Waals surface area contributed by atoms with Gasteiger partial charge in [-0.2, -0.15) is 0 Å². The summed E-state index contributed by atoms with van der Waals surface area (Å²) in [7, 11) is 0. The number of nitrogens with zero attached hydrogens (tertiary/aromatic N) is 1. The van der Waals surface area contributed by atoms with Crippen molar-refractivity contribution in [1.29, 1.82) is 0 Å². The standard InChI is InChI=1S/C16H16ClN3O4/c1-10-6-7-11(20(23)24)8-14(10)19-16(22)18-9-15(21)12-4-2-3-5-13(12)17/h2-8,15,21H,9H2,1H3,(H2,18,19,22). The molecule has 7 nitrogen and oxygen atoms in total. The van der Waals surface area contributed by atoms with Crippen LogP contribution < -0.4 is 10.6 Å². The third kappa shape index (κ3) is 4.43. The molecule has 126 valence electrons. The molecule has 0 saturated carbocycles. The maximum absolute atomic E-state index is 11.9. The van der Waals surface area contributed by atoms with Crippen molar-refractivity contribution in [2.45, 2.75) is 13.0 Å². The van der Waals surface area contributed by atoms with Crippen molar-refractivity contribution < 1.29 is 14.8 Å². The van der Waals surface area contributed by atoms with Crippen molar-refractivity contribution in [3.63, 3.8) is 0 Å². The number of halogens is 1. The van der Waals surface area contributed by atoms with Crippen LogP contribution in [0.5, 0.6) is 0 Å². The maximum Gasteiger partial charge on any atom is 0.319 e. The number of carbonyl (C=O) groups is 1. The molecule has 2 amide bonds. The molecule has 0 heterocycles. The highest BCUT2D eigenvalue weighted by atomic mass is 35.5. The quantitative estimate of drug-likeness (QED) is 0.568. The minimum atomic E-state index is -0.962. The first-order valence-electron chi connectivity index (χ1n) is 7.11. The van der Waals surface area contributed by atoms with E-state index >= 15 is 0 Å². The SMILES string of the molecule is Cc1ccc([N+](=O)[O-])cc1NC(=O)NCC(O)c1ccccc1Cl. The third-order valence-corrected chi connectivity index (χ3v) is 3.74. The molecule has 8 heteroatoms. The van der Waals surface area contributed by atoms with Gasteiger partial charge in [-0.15, -0.1) is 0 Å². The Kier molecular flexibility index (Phi) is 5.73. The number of urea groups is 1. The van der Waals surface area contributed by atoms with E-state index in [0.717, 1.165) is 0 Å². The monoisotopic (exact) mass is 349 g/mol. The smallest absolute Gasteiger partial charge is 0.319 e. The number of benzene rings is 2. The van der Waals surface area contributed by atoms with Crippen LogP contribution in [0.1, 0.15) is 17.2 Å². The fraction of sp³-hybridized carbons (Fsp3) is 0.188. The lowest BCUT2D eigenvalue weighted by molar-refractivity contribution is -0.384. The number of amides is 2. The highest BCUT2D eigenvalue weighted by molar-refractivity contribution is 6.31. The molecule has 1 unspecified atom stereocenters. The van der Waals surface area contributed by atoms with Gasteiger partial charge >= 0.3 is 6.03 Å². The van der Waals surface area contributed by atoms with Crippen LogP contribution in [0.25, 0.3) is 0 Å². The van der Waals surface area contributed by atoms with Crippen LogP contribution in [0, 0.1) is 17.0 Å². The van der Waals surface area contributed by atoms with Crippen LogP contribution in [0.2, 0.25) is 5.02 Å². The molecule has 0 aliphatic carbocycles. The average molecular weight is 350 g/mol. The summed E-state index contributed by atoms with van der Waals surface area (Å²) in [6.07, 6.45) is -0.962. The van der Waals surface area contributed by atoms with Crippen molar-refractivity contribution in [2.75, 3.05) is 11.9 Å². The third-order valence-electron chi connectivity index (χ3n) is 3.40. The normalized spacial score (nSPS) is 11.6. The van der Waals surface area contributed by atoms with Crippen LogP contribution in [0.4, 0.5) is 16.2 Å². The first kappa shape index (κ1) is 17.7. The Labute approximate surface area is 143 Å². The predicted molar refractivity (Wildman–Crippen MR) is 91.3 cm³/mol. The van der Waals surface area contributed by atoms with Gasteiger partial charge in [-0.25, -0.2) is 4.79 Å². The Morgan fingerprint density at radius 2 is 2.04 bits per heavy atom. The number of rotatable bonds is 5. The van der Waals surface area contributed by atoms with E-state index in [9.17, 15) is 20.0 Å². The number of nitrogens with one attached hydrogen (secondary N) is 2. The molecule has 0 aromatic heterocycles. The Hall–Kier alpha value is -2.64. The van der Waals surface area contributed by atoms with E-state index in [1.54, 1.807) is 37.3 Å². The van der Waals surface area contributed by atoms with Crippen LogP contribution in [0.15, 0.2) is 42.5 Å². The minimum absolute atomic E-state index is 0.0520. The zero-order valence-electron chi connectivity index (χ0n) is 12.8. The first-order valence-corrected chi connectivity index (χ1v) is 7.48. The second-order valence-electron chi connectivity index (χ2n) is 5.13. The van der Waals surface area contributed by atoms with Crippen molar-refractivity contribution in [3.05, 3.63) is 68.7 Å². The summed E-state index contributed by atoms with van der Waals surface area (Å²) in [6, 6.07) is 10.4. The molecule has 1 atom stereocenters. The van der Waals surface area contributed by atoms with Gasteiger partial charge in [-0.1, -0.05) is 35.9 Å². The number of aliphatic hydroxyl groups excluding tert-OH is 1. The van der Waals surface area contributed by atoms with Gasteiger partial charge in [0.2, 0.25) is 0 Å². The van der Waals surface area contributed by atoms with E-state index in [2.05, 4.69) is 10.6 Å². The molecule has 0 fully saturated rings. The lowest BCUT2D eigenvalue weighted by atomic mass is 10.1. The Morgan fingerprint density at radius 1 is 1.33 bits per heavy atom. The number of carbonyl (C=O) groups excluding carboxylic acids is 1. The van der Waals surface area contributed by atoms with E-state index in [0.29, 0.717) is 21.8 Å². The Bertz CT molecular complexity index is 767. The summed E-state index contributed by atoms with van der Waals surface area (Å²) in [4.78, 5) is 22.2. The number of anilines is 1. The van der Waals surface area contributed by atoms with Crippen LogP contribution in [0.3, 0.4) is 0 Å². The van der Waals surface area contributed by atoms with Crippen molar-refractivity contribution >= 4 is 29.0 Å². The van der Waals surface area contributed by atoms with Gasteiger partial charge in [0.05, 0.1) is 16.7 Å². The molecule has 2 aromatic rings. The molecular weight excluding hydrogens is 334 g/mol. The average Bonchev–Trinajstić information content (AvgIpc) is 2.55. The van der Waals surface area contributed by atoms with Gasteiger partial charge in [0.15, 0.2) is 0 Å². The summed E-state index contributed by atoms with van der Waals surface area (Å²) < 4.78 is 0. The molecule has 24 heavy (non-hydrogen) atoms. The zero-order valence-corrected chi connectivity index (χ0v) is 13.6. The highest BCUT2D eigenvalue weighted by Gasteiger charge is 2.14. The molecule has 0 aliphatic rings. The molecule has 0 aliphatic heterocycles. The Morgan fingerprint density at radius 3 is 2.71 bits per heavy atom. The van der Waals surface area contributed by atoms with Gasteiger partial charge in [0.1, 0.15) is 0 Å². The zero-order chi connectivity index (χ0) is 17.7. The summed E-state index contributed by atoms with van der Waals surface area (Å²) in [5.41, 5.74) is 1.40. The summed E-state index contributed by atoms with van der Waals surface area (Å²) in [5, 5.41) is 26.3. The van der Waals surface area contributed by atoms with Crippen LogP contribution >= 0.6 is 11.6 Å². The number of aliphatic hydroxyl groups is 1. The topological polar surface area (TPSA) is 105 Å². The van der Waals surface area contributed by atoms with E-state index in [1.165, 1.54) is 12.1 Å². The van der Waals surface area contributed by atoms with Crippen LogP contribution in [-0.4, -0.2) is 22.6 Å². The van der Waals surface area contributed by atoms with E-state index < -0.39 is 17.1 Å². The molecule has 2 aromatic carbocycles. The van der Waals surface area contributed by atoms with Gasteiger partial charge < -0.3 is 15.7 Å². The molecule has 0 spiro atoms. The van der Waals surface area contributed by atoms with E-state index in [4.69, 9.17) is 11.6 Å². The van der Waals surface area contributed by atoms with Crippen molar-refractivity contribution in [2.24, 2.45) is 0 Å². The van der Waals surface area contributed by atoms with Crippen LogP contribution in [-0.2, 0) is 0 Å². The first-order chi connectivity index (χ1) is 11.4. The molecule has 2 rings (SSSR count). The number of hydrogen-bond donors (Lipinski definition) is 3. The fourth-order valence-electron chi connectivity index (χ4n) is 2.07. The van der Waals surface area contributed by atoms with Gasteiger partial charge in [0, 0.05) is 29.3 Å². The number of nitro groups is 1. The maximum atomic E-state index is 11.9. The lowest BCUT2D eigenvalue weighted by Gasteiger charge is -2.14. The van der Waals surface area contributed by atoms with Gasteiger partial charge in [-0.05, 0) is 18.6 Å². The summed E-state index contributed by atoms with van der Waals surface area (Å²) >= 11 is 5.98. The van der Waals surface area contributed by atoms with E-state index in [1.807, 2.05) is 0 Å².